The van der Waals surface area contributed by atoms with Crippen LogP contribution in [0.1, 0.15) is 63.4 Å². The van der Waals surface area contributed by atoms with Crippen LogP contribution in [0.15, 0.2) is 58.6 Å². The monoisotopic (exact) mass is 646 g/mol. The van der Waals surface area contributed by atoms with Crippen molar-refractivity contribution < 1.29 is 29.0 Å². The molecule has 9 heteroatoms. The van der Waals surface area contributed by atoms with Crippen LogP contribution < -0.4 is 9.64 Å². The summed E-state index contributed by atoms with van der Waals surface area (Å²) in [6, 6.07) is 12.4. The zero-order valence-electron chi connectivity index (χ0n) is 24.3. The number of amides is 4. The van der Waals surface area contributed by atoms with E-state index in [1.807, 2.05) is 13.0 Å². The summed E-state index contributed by atoms with van der Waals surface area (Å²) in [6.07, 6.45) is 7.62. The Hall–Kier alpha value is -3.46. The summed E-state index contributed by atoms with van der Waals surface area (Å²) in [5, 5.41) is 10.6. The molecule has 2 aromatic rings. The Morgan fingerprint density at radius 1 is 0.953 bits per heavy atom. The van der Waals surface area contributed by atoms with Crippen molar-refractivity contribution in [3.05, 3.63) is 64.1 Å². The van der Waals surface area contributed by atoms with E-state index in [1.165, 1.54) is 12.0 Å². The van der Waals surface area contributed by atoms with E-state index in [-0.39, 0.29) is 47.1 Å². The molecule has 224 valence electrons. The first-order valence-corrected chi connectivity index (χ1v) is 16.0. The average molecular weight is 648 g/mol. The number of fused-ring (bicyclic) bond motifs is 4. The standard InChI is InChI=1S/C34H35BrN2O6/c1-34-24(31(40)37(33(34)42)20-11-7-4-8-12-20)17-23-21(28(34)18-15-25(35)29(38)26(16-18)43-2)13-14-22-27(23)32(41)36(30(22)39)19-9-5-3-6-10-19/h4,7-8,11-13,15-16,19,22-24,27-28,38H,3,5-6,9-10,14,17H2,1-2H3/t22-,23+,24-,27-,28-,34+/m0/s1. The lowest BCUT2D eigenvalue weighted by atomic mass is 9.51. The second kappa shape index (κ2) is 10.3. The first-order chi connectivity index (χ1) is 20.7. The number of allylic oxidation sites excluding steroid dienone is 2. The van der Waals surface area contributed by atoms with Gasteiger partial charge in [-0.2, -0.15) is 0 Å². The lowest BCUT2D eigenvalue weighted by molar-refractivity contribution is -0.144. The second-order valence-electron chi connectivity index (χ2n) is 12.9. The van der Waals surface area contributed by atoms with Crippen molar-refractivity contribution in [2.75, 3.05) is 12.0 Å². The smallest absolute Gasteiger partial charge is 0.241 e. The number of carbonyl (C=O) groups is 4. The highest BCUT2D eigenvalue weighted by molar-refractivity contribution is 9.10. The molecule has 5 aliphatic rings. The van der Waals surface area contributed by atoms with Crippen molar-refractivity contribution in [1.82, 2.24) is 4.90 Å². The molecule has 0 bridgehead atoms. The van der Waals surface area contributed by atoms with Gasteiger partial charge in [0.15, 0.2) is 11.5 Å². The van der Waals surface area contributed by atoms with Gasteiger partial charge in [0.1, 0.15) is 0 Å². The Morgan fingerprint density at radius 2 is 1.67 bits per heavy atom. The maximum Gasteiger partial charge on any atom is 0.241 e. The maximum atomic E-state index is 14.5. The van der Waals surface area contributed by atoms with Crippen LogP contribution in [0.4, 0.5) is 5.69 Å². The fourth-order valence-corrected chi connectivity index (χ4v) is 9.32. The van der Waals surface area contributed by atoms with Crippen LogP contribution in [0, 0.1) is 29.1 Å². The molecule has 2 heterocycles. The number of phenolic OH excluding ortho intramolecular Hbond substituents is 1. The quantitative estimate of drug-likeness (QED) is 0.336. The number of carbonyl (C=O) groups excluding carboxylic acids is 4. The fraction of sp³-hybridized carbons (Fsp3) is 0.471. The number of rotatable bonds is 4. The molecular formula is C34H35BrN2O6. The minimum Gasteiger partial charge on any atom is -0.503 e. The Labute approximate surface area is 259 Å². The summed E-state index contributed by atoms with van der Waals surface area (Å²) in [5.41, 5.74) is 0.989. The average Bonchev–Trinajstić information content (AvgIpc) is 3.38. The summed E-state index contributed by atoms with van der Waals surface area (Å²) in [7, 11) is 1.47. The number of ether oxygens (including phenoxy) is 1. The van der Waals surface area contributed by atoms with Crippen LogP contribution in [-0.2, 0) is 19.2 Å². The van der Waals surface area contributed by atoms with E-state index < -0.39 is 29.1 Å². The van der Waals surface area contributed by atoms with Gasteiger partial charge in [0.2, 0.25) is 23.6 Å². The normalized spacial score (nSPS) is 32.4. The molecule has 2 saturated carbocycles. The van der Waals surface area contributed by atoms with Gasteiger partial charge in [0.05, 0.1) is 40.4 Å². The van der Waals surface area contributed by atoms with E-state index in [0.717, 1.165) is 37.7 Å². The first kappa shape index (κ1) is 28.3. The van der Waals surface area contributed by atoms with Crippen LogP contribution in [0.25, 0.3) is 0 Å². The number of hydrogen-bond acceptors (Lipinski definition) is 6. The molecule has 4 amide bonds. The Bertz CT molecular complexity index is 1570. The van der Waals surface area contributed by atoms with Crippen LogP contribution in [0.2, 0.25) is 0 Å². The molecule has 1 N–H and O–H groups in total. The summed E-state index contributed by atoms with van der Waals surface area (Å²) in [4.78, 5) is 59.6. The Balaban J connectivity index is 1.37. The van der Waals surface area contributed by atoms with E-state index in [4.69, 9.17) is 4.74 Å². The molecule has 4 fully saturated rings. The number of halogens is 1. The van der Waals surface area contributed by atoms with Gasteiger partial charge in [-0.25, -0.2) is 4.90 Å². The van der Waals surface area contributed by atoms with E-state index in [0.29, 0.717) is 28.6 Å². The van der Waals surface area contributed by atoms with Crippen molar-refractivity contribution >= 4 is 45.2 Å². The molecule has 2 aliphatic heterocycles. The van der Waals surface area contributed by atoms with Gasteiger partial charge >= 0.3 is 0 Å². The van der Waals surface area contributed by atoms with Crippen molar-refractivity contribution in [2.24, 2.45) is 29.1 Å². The number of aromatic hydroxyl groups is 1. The Kier molecular flexibility index (Phi) is 6.80. The topological polar surface area (TPSA) is 104 Å². The number of phenols is 1. The molecular weight excluding hydrogens is 612 g/mol. The van der Waals surface area contributed by atoms with Gasteiger partial charge in [0.25, 0.3) is 0 Å². The summed E-state index contributed by atoms with van der Waals surface area (Å²) in [6.45, 7) is 1.86. The van der Waals surface area contributed by atoms with Crippen LogP contribution in [0.5, 0.6) is 11.5 Å². The Morgan fingerprint density at radius 3 is 2.37 bits per heavy atom. The van der Waals surface area contributed by atoms with Crippen LogP contribution >= 0.6 is 15.9 Å². The molecule has 0 unspecified atom stereocenters. The van der Waals surface area contributed by atoms with Gasteiger partial charge in [0, 0.05) is 12.0 Å². The third-order valence-electron chi connectivity index (χ3n) is 10.9. The van der Waals surface area contributed by atoms with Gasteiger partial charge < -0.3 is 9.84 Å². The summed E-state index contributed by atoms with van der Waals surface area (Å²) in [5.74, 6) is -3.24. The molecule has 8 nitrogen and oxygen atoms in total. The summed E-state index contributed by atoms with van der Waals surface area (Å²) >= 11 is 3.46. The fourth-order valence-electron chi connectivity index (χ4n) is 8.86. The van der Waals surface area contributed by atoms with E-state index in [1.54, 1.807) is 41.3 Å². The van der Waals surface area contributed by atoms with Crippen molar-refractivity contribution in [3.8, 4) is 11.5 Å². The van der Waals surface area contributed by atoms with Gasteiger partial charge in [-0.05, 0) is 84.3 Å². The molecule has 2 aromatic carbocycles. The molecule has 0 radical (unpaired) electrons. The van der Waals surface area contributed by atoms with Crippen molar-refractivity contribution in [2.45, 2.75) is 63.8 Å². The number of anilines is 1. The van der Waals surface area contributed by atoms with Crippen molar-refractivity contribution in [1.29, 1.82) is 0 Å². The summed E-state index contributed by atoms with van der Waals surface area (Å²) < 4.78 is 5.90. The third kappa shape index (κ3) is 3.99. The molecule has 3 aliphatic carbocycles. The number of imide groups is 2. The minimum atomic E-state index is -1.15. The third-order valence-corrected chi connectivity index (χ3v) is 11.5. The van der Waals surface area contributed by atoms with Crippen LogP contribution in [-0.4, -0.2) is 46.8 Å². The van der Waals surface area contributed by atoms with Gasteiger partial charge in [-0.3, -0.25) is 24.1 Å². The van der Waals surface area contributed by atoms with E-state index >= 15 is 0 Å². The highest BCUT2D eigenvalue weighted by atomic mass is 79.9. The highest BCUT2D eigenvalue weighted by Crippen LogP contribution is 2.64. The number of likely N-dealkylation sites (tertiary alicyclic amines) is 1. The van der Waals surface area contributed by atoms with E-state index in [9.17, 15) is 24.3 Å². The minimum absolute atomic E-state index is 0.0579. The van der Waals surface area contributed by atoms with Crippen LogP contribution in [0.3, 0.4) is 0 Å². The largest absolute Gasteiger partial charge is 0.503 e. The molecule has 43 heavy (non-hydrogen) atoms. The van der Waals surface area contributed by atoms with Gasteiger partial charge in [-0.15, -0.1) is 0 Å². The molecule has 0 aromatic heterocycles. The molecule has 2 saturated heterocycles. The lowest BCUT2D eigenvalue weighted by Crippen LogP contribution is -2.49. The number of para-hydroxylation sites is 1. The predicted octanol–water partition coefficient (Wildman–Crippen LogP) is 5.73. The number of hydrogen-bond donors (Lipinski definition) is 1. The number of benzene rings is 2. The van der Waals surface area contributed by atoms with E-state index in [2.05, 4.69) is 22.0 Å². The zero-order valence-corrected chi connectivity index (χ0v) is 25.9. The lowest BCUT2D eigenvalue weighted by Gasteiger charge is -2.49. The molecule has 0 spiro atoms. The predicted molar refractivity (Wildman–Crippen MR) is 162 cm³/mol. The highest BCUT2D eigenvalue weighted by Gasteiger charge is 2.67. The SMILES string of the molecule is COc1cc([C@H]2C3=CC[C@@H]4C(=O)N(C5CCCCC5)C(=O)[C@@H]4[C@@H]3C[C@H]3C(=O)N(c4ccccc4)C(=O)[C@@]23C)cc(Br)c1O. The number of nitrogens with zero attached hydrogens (tertiary/aromatic N) is 2. The van der Waals surface area contributed by atoms with Gasteiger partial charge in [-0.1, -0.05) is 49.1 Å². The maximum absolute atomic E-state index is 14.5. The number of methoxy groups -OCH3 is 1. The van der Waals surface area contributed by atoms with Crippen molar-refractivity contribution in [3.63, 3.8) is 0 Å². The molecule has 7 rings (SSSR count). The first-order valence-electron chi connectivity index (χ1n) is 15.2. The second-order valence-corrected chi connectivity index (χ2v) is 13.7. The molecule has 6 atom stereocenters. The zero-order chi connectivity index (χ0) is 30.2.